The highest BCUT2D eigenvalue weighted by Gasteiger charge is 2.10. The number of hydrogen-bond acceptors (Lipinski definition) is 5. The molecule has 6 nitrogen and oxygen atoms in total. The van der Waals surface area contributed by atoms with Crippen molar-refractivity contribution in [1.82, 2.24) is 15.0 Å². The Labute approximate surface area is 112 Å². The van der Waals surface area contributed by atoms with Crippen LogP contribution in [0.25, 0.3) is 5.69 Å². The van der Waals surface area contributed by atoms with Gasteiger partial charge in [-0.15, -0.1) is 15.0 Å². The molecular weight excluding hydrogens is 298 g/mol. The Kier molecular flexibility index (Phi) is 3.92. The van der Waals surface area contributed by atoms with Gasteiger partial charge in [0.2, 0.25) is 5.69 Å². The molecule has 0 aliphatic rings. The van der Waals surface area contributed by atoms with Gasteiger partial charge < -0.3 is 10.4 Å². The van der Waals surface area contributed by atoms with Gasteiger partial charge in [-0.1, -0.05) is 15.9 Å². The molecular formula is C11H10BrN5O. The highest BCUT2D eigenvalue weighted by Crippen LogP contribution is 2.15. The van der Waals surface area contributed by atoms with E-state index in [-0.39, 0.29) is 12.3 Å². The lowest BCUT2D eigenvalue weighted by atomic mass is 10.3. The van der Waals surface area contributed by atoms with Gasteiger partial charge >= 0.3 is 0 Å². The molecule has 0 aliphatic carbocycles. The predicted octanol–water partition coefficient (Wildman–Crippen LogP) is 1.31. The average molecular weight is 308 g/mol. The molecule has 1 heterocycles. The van der Waals surface area contributed by atoms with E-state index >= 15 is 0 Å². The number of nitriles is 1. The van der Waals surface area contributed by atoms with Crippen molar-refractivity contribution in [2.75, 3.05) is 18.5 Å². The Balaban J connectivity index is 2.32. The maximum absolute atomic E-state index is 8.95. The highest BCUT2D eigenvalue weighted by molar-refractivity contribution is 9.10. The molecule has 0 fully saturated rings. The standard InChI is InChI=1S/C11H10BrN5O/c12-8-1-3-9(4-2-8)17-15-10(7-13)11(16-17)14-5-6-18/h1-4,18H,5-6H2,(H,14,16). The average Bonchev–Trinajstić information content (AvgIpc) is 2.80. The quantitative estimate of drug-likeness (QED) is 0.889. The molecule has 92 valence electrons. The summed E-state index contributed by atoms with van der Waals surface area (Å²) in [6, 6.07) is 9.36. The van der Waals surface area contributed by atoms with Gasteiger partial charge in [0.25, 0.3) is 0 Å². The van der Waals surface area contributed by atoms with E-state index in [0.29, 0.717) is 12.4 Å². The van der Waals surface area contributed by atoms with E-state index in [1.54, 1.807) is 0 Å². The van der Waals surface area contributed by atoms with Crippen molar-refractivity contribution < 1.29 is 5.11 Å². The Morgan fingerprint density at radius 2 is 2.06 bits per heavy atom. The van der Waals surface area contributed by atoms with Gasteiger partial charge in [-0.3, -0.25) is 0 Å². The first-order chi connectivity index (χ1) is 8.74. The fraction of sp³-hybridized carbons (Fsp3) is 0.182. The van der Waals surface area contributed by atoms with Crippen LogP contribution in [0.5, 0.6) is 0 Å². The van der Waals surface area contributed by atoms with Gasteiger partial charge in [-0.05, 0) is 24.3 Å². The molecule has 1 aromatic carbocycles. The number of anilines is 1. The summed E-state index contributed by atoms with van der Waals surface area (Å²) in [5.41, 5.74) is 0.957. The molecule has 2 N–H and O–H groups in total. The minimum absolute atomic E-state index is 0.0317. The van der Waals surface area contributed by atoms with E-state index in [1.807, 2.05) is 30.3 Å². The Morgan fingerprint density at radius 1 is 1.33 bits per heavy atom. The van der Waals surface area contributed by atoms with Crippen molar-refractivity contribution in [3.05, 3.63) is 34.4 Å². The molecule has 0 unspecified atom stereocenters. The van der Waals surface area contributed by atoms with Crippen molar-refractivity contribution in [2.24, 2.45) is 0 Å². The summed E-state index contributed by atoms with van der Waals surface area (Å²) >= 11 is 3.34. The molecule has 0 bridgehead atoms. The summed E-state index contributed by atoms with van der Waals surface area (Å²) in [5, 5.41) is 28.8. The molecule has 0 radical (unpaired) electrons. The van der Waals surface area contributed by atoms with Crippen LogP contribution in [0.15, 0.2) is 28.7 Å². The van der Waals surface area contributed by atoms with Crippen LogP contribution in [0, 0.1) is 11.3 Å². The van der Waals surface area contributed by atoms with Gasteiger partial charge in [0, 0.05) is 11.0 Å². The van der Waals surface area contributed by atoms with E-state index in [1.165, 1.54) is 4.80 Å². The topological polar surface area (TPSA) is 86.8 Å². The fourth-order valence-electron chi connectivity index (χ4n) is 1.37. The molecule has 0 amide bonds. The van der Waals surface area contributed by atoms with Crippen molar-refractivity contribution in [3.8, 4) is 11.8 Å². The van der Waals surface area contributed by atoms with Crippen molar-refractivity contribution in [1.29, 1.82) is 5.26 Å². The molecule has 2 rings (SSSR count). The third-order valence-electron chi connectivity index (χ3n) is 2.18. The number of benzene rings is 1. The summed E-state index contributed by atoms with van der Waals surface area (Å²) in [5.74, 6) is 0.370. The number of hydrogen-bond donors (Lipinski definition) is 2. The molecule has 1 aromatic heterocycles. The van der Waals surface area contributed by atoms with Crippen LogP contribution in [-0.2, 0) is 0 Å². The maximum atomic E-state index is 8.95. The summed E-state index contributed by atoms with van der Waals surface area (Å²) in [6.45, 7) is 0.295. The van der Waals surface area contributed by atoms with E-state index < -0.39 is 0 Å². The van der Waals surface area contributed by atoms with Crippen LogP contribution >= 0.6 is 15.9 Å². The zero-order valence-electron chi connectivity index (χ0n) is 9.34. The number of aromatic nitrogens is 3. The van der Waals surface area contributed by atoms with E-state index in [2.05, 4.69) is 31.4 Å². The largest absolute Gasteiger partial charge is 0.395 e. The van der Waals surface area contributed by atoms with E-state index in [4.69, 9.17) is 10.4 Å². The highest BCUT2D eigenvalue weighted by atomic mass is 79.9. The zero-order chi connectivity index (χ0) is 13.0. The number of nitrogens with one attached hydrogen (secondary N) is 1. The second kappa shape index (κ2) is 5.62. The van der Waals surface area contributed by atoms with Crippen LogP contribution in [0.1, 0.15) is 5.69 Å². The second-order valence-corrected chi connectivity index (χ2v) is 4.34. The van der Waals surface area contributed by atoms with Gasteiger partial charge in [-0.25, -0.2) is 0 Å². The maximum Gasteiger partial charge on any atom is 0.207 e. The van der Waals surface area contributed by atoms with Crippen LogP contribution in [0.4, 0.5) is 5.82 Å². The zero-order valence-corrected chi connectivity index (χ0v) is 10.9. The first-order valence-corrected chi connectivity index (χ1v) is 6.02. The van der Waals surface area contributed by atoms with Crippen LogP contribution in [0.2, 0.25) is 0 Å². The SMILES string of the molecule is N#Cc1nn(-c2ccc(Br)cc2)nc1NCCO. The van der Waals surface area contributed by atoms with E-state index in [9.17, 15) is 0 Å². The minimum atomic E-state index is -0.0317. The van der Waals surface area contributed by atoms with Gasteiger partial charge in [-0.2, -0.15) is 5.26 Å². The molecule has 0 spiro atoms. The summed E-state index contributed by atoms with van der Waals surface area (Å²) in [4.78, 5) is 1.38. The van der Waals surface area contributed by atoms with Crippen LogP contribution < -0.4 is 5.32 Å². The number of aliphatic hydroxyl groups is 1. The van der Waals surface area contributed by atoms with Gasteiger partial charge in [0.1, 0.15) is 6.07 Å². The summed E-state index contributed by atoms with van der Waals surface area (Å²) in [7, 11) is 0. The molecule has 18 heavy (non-hydrogen) atoms. The lowest BCUT2D eigenvalue weighted by molar-refractivity contribution is 0.311. The second-order valence-electron chi connectivity index (χ2n) is 3.43. The first-order valence-electron chi connectivity index (χ1n) is 5.22. The third kappa shape index (κ3) is 2.67. The lowest BCUT2D eigenvalue weighted by Gasteiger charge is -1.99. The summed E-state index contributed by atoms with van der Waals surface area (Å²) < 4.78 is 0.956. The minimum Gasteiger partial charge on any atom is -0.395 e. The Morgan fingerprint density at radius 3 is 2.67 bits per heavy atom. The van der Waals surface area contributed by atoms with Crippen LogP contribution in [-0.4, -0.2) is 33.3 Å². The monoisotopic (exact) mass is 307 g/mol. The van der Waals surface area contributed by atoms with Crippen molar-refractivity contribution in [3.63, 3.8) is 0 Å². The number of halogens is 1. The fourth-order valence-corrected chi connectivity index (χ4v) is 1.63. The van der Waals surface area contributed by atoms with Gasteiger partial charge in [0.15, 0.2) is 5.82 Å². The van der Waals surface area contributed by atoms with E-state index in [0.717, 1.165) is 10.2 Å². The molecule has 0 saturated carbocycles. The first kappa shape index (κ1) is 12.5. The summed E-state index contributed by atoms with van der Waals surface area (Å²) in [6.07, 6.45) is 0. The smallest absolute Gasteiger partial charge is 0.207 e. The van der Waals surface area contributed by atoms with Crippen molar-refractivity contribution >= 4 is 21.7 Å². The molecule has 0 aliphatic heterocycles. The Hall–Kier alpha value is -1.91. The molecule has 2 aromatic rings. The molecule has 7 heteroatoms. The number of nitrogens with zero attached hydrogens (tertiary/aromatic N) is 4. The lowest BCUT2D eigenvalue weighted by Crippen LogP contribution is -2.07. The Bertz CT molecular complexity index is 572. The number of aliphatic hydroxyl groups excluding tert-OH is 1. The predicted molar refractivity (Wildman–Crippen MR) is 69.3 cm³/mol. The van der Waals surface area contributed by atoms with Crippen molar-refractivity contribution in [2.45, 2.75) is 0 Å². The van der Waals surface area contributed by atoms with Crippen LogP contribution in [0.3, 0.4) is 0 Å². The third-order valence-corrected chi connectivity index (χ3v) is 2.71. The normalized spacial score (nSPS) is 10.1. The molecule has 0 saturated heterocycles. The molecule has 0 atom stereocenters. The number of rotatable bonds is 4. The van der Waals surface area contributed by atoms with Gasteiger partial charge in [0.05, 0.1) is 12.3 Å².